The van der Waals surface area contributed by atoms with Crippen molar-refractivity contribution < 1.29 is 9.21 Å². The summed E-state index contributed by atoms with van der Waals surface area (Å²) in [5.74, 6) is 2.85. The number of hydrogen-bond donors (Lipinski definition) is 0. The highest BCUT2D eigenvalue weighted by atomic mass is 32.2. The van der Waals surface area contributed by atoms with Gasteiger partial charge in [-0.1, -0.05) is 19.9 Å². The molecule has 0 bridgehead atoms. The minimum Gasteiger partial charge on any atom is -0.467 e. The van der Waals surface area contributed by atoms with Gasteiger partial charge in [0.1, 0.15) is 11.8 Å². The van der Waals surface area contributed by atoms with Crippen molar-refractivity contribution in [2.45, 2.75) is 26.3 Å². The number of hydrogen-bond acceptors (Lipinski definition) is 5. The van der Waals surface area contributed by atoms with Crippen LogP contribution >= 0.6 is 23.1 Å². The third-order valence-electron chi connectivity index (χ3n) is 3.52. The molecule has 3 heterocycles. The Morgan fingerprint density at radius 3 is 3.00 bits per heavy atom. The number of furan rings is 1. The molecule has 0 aromatic carbocycles. The van der Waals surface area contributed by atoms with Crippen LogP contribution in [0.4, 0.5) is 0 Å². The summed E-state index contributed by atoms with van der Waals surface area (Å²) in [7, 11) is 0. The number of rotatable bonds is 6. The van der Waals surface area contributed by atoms with Gasteiger partial charge in [0.05, 0.1) is 22.6 Å². The van der Waals surface area contributed by atoms with E-state index in [1.54, 1.807) is 34.4 Å². The van der Waals surface area contributed by atoms with Gasteiger partial charge in [-0.15, -0.1) is 11.3 Å². The molecule has 0 aliphatic carbocycles. The highest BCUT2D eigenvalue weighted by molar-refractivity contribution is 7.99. The largest absolute Gasteiger partial charge is 0.467 e. The van der Waals surface area contributed by atoms with Crippen LogP contribution in [0, 0.1) is 5.92 Å². The number of carbonyl (C=O) groups is 1. The maximum Gasteiger partial charge on any atom is 0.253 e. The lowest BCUT2D eigenvalue weighted by Gasteiger charge is -2.19. The topological polar surface area (TPSA) is 45.8 Å². The molecule has 0 spiro atoms. The monoisotopic (exact) mass is 348 g/mol. The first kappa shape index (κ1) is 16.3. The van der Waals surface area contributed by atoms with Crippen LogP contribution < -0.4 is 0 Å². The smallest absolute Gasteiger partial charge is 0.253 e. The zero-order valence-electron chi connectivity index (χ0n) is 13.3. The van der Waals surface area contributed by atoms with Gasteiger partial charge in [-0.25, -0.2) is 5.01 Å². The minimum atomic E-state index is -0.130. The number of thiophene rings is 1. The number of carbonyl (C=O) groups excluding carboxylic acids is 1. The fourth-order valence-corrected chi connectivity index (χ4v) is 4.10. The SMILES string of the molecule is CC(C)CSCC(=O)N1N=C(c2cccs2)CC1c1ccco1. The zero-order chi connectivity index (χ0) is 16.2. The average molecular weight is 348 g/mol. The summed E-state index contributed by atoms with van der Waals surface area (Å²) in [5, 5.41) is 8.25. The molecule has 1 aliphatic heterocycles. The summed E-state index contributed by atoms with van der Waals surface area (Å²) in [6.45, 7) is 4.32. The van der Waals surface area contributed by atoms with E-state index < -0.39 is 0 Å². The first-order valence-corrected chi connectivity index (χ1v) is 9.73. The fourth-order valence-electron chi connectivity index (χ4n) is 2.48. The molecular weight excluding hydrogens is 328 g/mol. The molecular formula is C17H20N2O2S2. The Labute approximate surface area is 144 Å². The van der Waals surface area contributed by atoms with Crippen LogP contribution in [0.15, 0.2) is 45.4 Å². The molecule has 4 nitrogen and oxygen atoms in total. The van der Waals surface area contributed by atoms with E-state index >= 15 is 0 Å². The Kier molecular flexibility index (Phi) is 5.23. The van der Waals surface area contributed by atoms with Crippen LogP contribution in [-0.2, 0) is 4.79 Å². The van der Waals surface area contributed by atoms with Crippen molar-refractivity contribution in [2.75, 3.05) is 11.5 Å². The summed E-state index contributed by atoms with van der Waals surface area (Å²) in [6.07, 6.45) is 2.35. The lowest BCUT2D eigenvalue weighted by molar-refractivity contribution is -0.130. The fraction of sp³-hybridized carbons (Fsp3) is 0.412. The Morgan fingerprint density at radius 1 is 1.48 bits per heavy atom. The third kappa shape index (κ3) is 3.87. The second-order valence-electron chi connectivity index (χ2n) is 5.91. The van der Waals surface area contributed by atoms with E-state index in [9.17, 15) is 4.79 Å². The Hall–Kier alpha value is -1.53. The summed E-state index contributed by atoms with van der Waals surface area (Å²) < 4.78 is 5.54. The van der Waals surface area contributed by atoms with Crippen LogP contribution in [0.5, 0.6) is 0 Å². The van der Waals surface area contributed by atoms with Gasteiger partial charge in [-0.3, -0.25) is 4.79 Å². The molecule has 6 heteroatoms. The molecule has 1 amide bonds. The van der Waals surface area contributed by atoms with Crippen molar-refractivity contribution in [2.24, 2.45) is 11.0 Å². The molecule has 122 valence electrons. The van der Waals surface area contributed by atoms with Crippen LogP contribution in [0.3, 0.4) is 0 Å². The van der Waals surface area contributed by atoms with Crippen molar-refractivity contribution >= 4 is 34.7 Å². The number of nitrogens with zero attached hydrogens (tertiary/aromatic N) is 2. The maximum atomic E-state index is 12.6. The van der Waals surface area contributed by atoms with Gasteiger partial charge in [0.2, 0.25) is 0 Å². The van der Waals surface area contributed by atoms with E-state index in [0.29, 0.717) is 18.1 Å². The molecule has 2 aromatic heterocycles. The standard InChI is InChI=1S/C17H20N2O2S2/c1-12(2)10-22-11-17(20)19-14(15-5-3-7-21-15)9-13(18-19)16-6-4-8-23-16/h3-8,12,14H,9-11H2,1-2H3. The first-order valence-electron chi connectivity index (χ1n) is 7.69. The van der Waals surface area contributed by atoms with Crippen molar-refractivity contribution in [1.82, 2.24) is 5.01 Å². The normalized spacial score (nSPS) is 17.8. The van der Waals surface area contributed by atoms with Crippen LogP contribution in [0.1, 0.15) is 36.9 Å². The van der Waals surface area contributed by atoms with Crippen LogP contribution in [-0.4, -0.2) is 28.1 Å². The molecule has 0 saturated carbocycles. The maximum absolute atomic E-state index is 12.6. The van der Waals surface area contributed by atoms with Crippen LogP contribution in [0.25, 0.3) is 0 Å². The van der Waals surface area contributed by atoms with E-state index in [0.717, 1.165) is 22.1 Å². The Bertz CT molecular complexity index is 663. The predicted octanol–water partition coefficient (Wildman–Crippen LogP) is 4.41. The van der Waals surface area contributed by atoms with Gasteiger partial charge in [-0.05, 0) is 35.2 Å². The molecule has 0 radical (unpaired) electrons. The van der Waals surface area contributed by atoms with Gasteiger partial charge >= 0.3 is 0 Å². The van der Waals surface area contributed by atoms with Gasteiger partial charge in [-0.2, -0.15) is 16.9 Å². The van der Waals surface area contributed by atoms with Crippen molar-refractivity contribution in [3.8, 4) is 0 Å². The Morgan fingerprint density at radius 2 is 2.35 bits per heavy atom. The van der Waals surface area contributed by atoms with Gasteiger partial charge in [0.25, 0.3) is 5.91 Å². The molecule has 23 heavy (non-hydrogen) atoms. The van der Waals surface area contributed by atoms with Gasteiger partial charge in [0, 0.05) is 6.42 Å². The number of thioether (sulfide) groups is 1. The molecule has 1 unspecified atom stereocenters. The Balaban J connectivity index is 1.76. The van der Waals surface area contributed by atoms with Crippen molar-refractivity contribution in [3.05, 3.63) is 46.5 Å². The third-order valence-corrected chi connectivity index (χ3v) is 5.79. The number of hydrazone groups is 1. The van der Waals surface area contributed by atoms with E-state index in [1.165, 1.54) is 0 Å². The minimum absolute atomic E-state index is 0.0450. The molecule has 3 rings (SSSR count). The highest BCUT2D eigenvalue weighted by Crippen LogP contribution is 2.34. The van der Waals surface area contributed by atoms with E-state index in [1.807, 2.05) is 29.6 Å². The first-order chi connectivity index (χ1) is 11.1. The molecule has 1 atom stereocenters. The average Bonchev–Trinajstić information content (AvgIpc) is 3.26. The highest BCUT2D eigenvalue weighted by Gasteiger charge is 2.34. The van der Waals surface area contributed by atoms with E-state index in [-0.39, 0.29) is 11.9 Å². The summed E-state index contributed by atoms with van der Waals surface area (Å²) in [4.78, 5) is 13.7. The summed E-state index contributed by atoms with van der Waals surface area (Å²) >= 11 is 3.32. The molecule has 2 aromatic rings. The van der Waals surface area contributed by atoms with E-state index in [2.05, 4.69) is 18.9 Å². The molecule has 0 saturated heterocycles. The van der Waals surface area contributed by atoms with E-state index in [4.69, 9.17) is 4.42 Å². The summed E-state index contributed by atoms with van der Waals surface area (Å²) in [5.41, 5.74) is 0.962. The zero-order valence-corrected chi connectivity index (χ0v) is 14.9. The van der Waals surface area contributed by atoms with Crippen LogP contribution in [0.2, 0.25) is 0 Å². The molecule has 0 fully saturated rings. The number of amides is 1. The lowest BCUT2D eigenvalue weighted by atomic mass is 10.1. The second kappa shape index (κ2) is 7.36. The lowest BCUT2D eigenvalue weighted by Crippen LogP contribution is -2.28. The van der Waals surface area contributed by atoms with Gasteiger partial charge in [0.15, 0.2) is 0 Å². The quantitative estimate of drug-likeness (QED) is 0.777. The predicted molar refractivity (Wildman–Crippen MR) is 95.9 cm³/mol. The van der Waals surface area contributed by atoms with Crippen molar-refractivity contribution in [3.63, 3.8) is 0 Å². The second-order valence-corrected chi connectivity index (χ2v) is 7.88. The van der Waals surface area contributed by atoms with Crippen molar-refractivity contribution in [1.29, 1.82) is 0 Å². The summed E-state index contributed by atoms with van der Waals surface area (Å²) in [6, 6.07) is 7.69. The van der Waals surface area contributed by atoms with Gasteiger partial charge < -0.3 is 4.42 Å². The molecule has 1 aliphatic rings. The molecule has 0 N–H and O–H groups in total.